The molecule has 0 N–H and O–H groups in total. The van der Waals surface area contributed by atoms with Gasteiger partial charge >= 0.3 is 7.25 Å². The molecule has 0 aliphatic rings. The first-order chi connectivity index (χ1) is 15.9. The normalized spacial score (nSPS) is 11.2. The number of rotatable bonds is 5. The molecule has 0 bridgehead atoms. The van der Waals surface area contributed by atoms with E-state index in [1.165, 1.54) is 33.6 Å². The quantitative estimate of drug-likeness (QED) is 0.126. The fourth-order valence-corrected chi connectivity index (χ4v) is 3.52. The fourth-order valence-electron chi connectivity index (χ4n) is 3.52. The number of allylic oxidation sites excluding steroid dienone is 2. The Labute approximate surface area is 191 Å². The maximum atomic E-state index is 9.75. The molecule has 3 aromatic carbocycles. The van der Waals surface area contributed by atoms with E-state index in [0.717, 1.165) is 6.54 Å². The summed E-state index contributed by atoms with van der Waals surface area (Å²) in [4.78, 5) is 0. The van der Waals surface area contributed by atoms with E-state index in [1.807, 2.05) is 0 Å². The van der Waals surface area contributed by atoms with Crippen molar-refractivity contribution in [3.8, 4) is 33.6 Å². The number of halogens is 4. The van der Waals surface area contributed by atoms with Crippen LogP contribution < -0.4 is 4.57 Å². The van der Waals surface area contributed by atoms with Crippen LogP contribution in [0.15, 0.2) is 115 Å². The summed E-state index contributed by atoms with van der Waals surface area (Å²) in [6.07, 6.45) is 4.32. The maximum absolute atomic E-state index is 9.75. The highest BCUT2D eigenvalue weighted by Crippen LogP contribution is 2.29. The molecule has 168 valence electrons. The van der Waals surface area contributed by atoms with Crippen molar-refractivity contribution in [2.45, 2.75) is 13.5 Å². The number of hydrogen-bond acceptors (Lipinski definition) is 0. The Morgan fingerprint density at radius 2 is 0.970 bits per heavy atom. The Kier molecular flexibility index (Phi) is 8.19. The van der Waals surface area contributed by atoms with Crippen molar-refractivity contribution in [1.29, 1.82) is 0 Å². The molecule has 0 spiro atoms. The lowest BCUT2D eigenvalue weighted by atomic mass is 9.99. The second kappa shape index (κ2) is 11.3. The molecule has 0 radical (unpaired) electrons. The van der Waals surface area contributed by atoms with Gasteiger partial charge in [0.25, 0.3) is 0 Å². The molecule has 1 heterocycles. The molecule has 1 aromatic heterocycles. The molecule has 0 amide bonds. The van der Waals surface area contributed by atoms with Crippen LogP contribution in [-0.2, 0) is 6.54 Å². The number of benzene rings is 3. The molecule has 1 nitrogen and oxygen atoms in total. The van der Waals surface area contributed by atoms with Crippen LogP contribution in [0.4, 0.5) is 17.3 Å². The first-order valence-corrected chi connectivity index (χ1v) is 10.6. The molecular formula is C27H24BF4N. The zero-order valence-corrected chi connectivity index (χ0v) is 18.2. The van der Waals surface area contributed by atoms with E-state index in [-0.39, 0.29) is 0 Å². The van der Waals surface area contributed by atoms with Crippen molar-refractivity contribution in [2.24, 2.45) is 0 Å². The summed E-state index contributed by atoms with van der Waals surface area (Å²) in [5, 5.41) is 0. The lowest BCUT2D eigenvalue weighted by Gasteiger charge is -2.12. The summed E-state index contributed by atoms with van der Waals surface area (Å²) in [6, 6.07) is 36.5. The van der Waals surface area contributed by atoms with E-state index in [9.17, 15) is 17.3 Å². The molecule has 0 saturated heterocycles. The van der Waals surface area contributed by atoms with Crippen molar-refractivity contribution >= 4 is 7.25 Å². The van der Waals surface area contributed by atoms with Crippen LogP contribution in [0.1, 0.15) is 6.92 Å². The molecule has 0 unspecified atom stereocenters. The Morgan fingerprint density at radius 3 is 1.33 bits per heavy atom. The van der Waals surface area contributed by atoms with Gasteiger partial charge in [-0.25, -0.2) is 0 Å². The molecule has 0 saturated carbocycles. The minimum absolute atomic E-state index is 0.833. The number of nitrogens with zero attached hydrogens (tertiary/aromatic N) is 1. The first kappa shape index (κ1) is 24.0. The predicted molar refractivity (Wildman–Crippen MR) is 128 cm³/mol. The summed E-state index contributed by atoms with van der Waals surface area (Å²) >= 11 is 0. The third-order valence-corrected chi connectivity index (χ3v) is 4.94. The molecule has 0 fully saturated rings. The van der Waals surface area contributed by atoms with Gasteiger partial charge in [-0.3, -0.25) is 0 Å². The molecule has 33 heavy (non-hydrogen) atoms. The van der Waals surface area contributed by atoms with Crippen LogP contribution in [0.3, 0.4) is 0 Å². The van der Waals surface area contributed by atoms with Crippen LogP contribution in [0.25, 0.3) is 33.6 Å². The van der Waals surface area contributed by atoms with Crippen LogP contribution in [0.2, 0.25) is 0 Å². The summed E-state index contributed by atoms with van der Waals surface area (Å²) < 4.78 is 41.4. The zero-order chi connectivity index (χ0) is 23.7. The molecule has 0 aliphatic heterocycles. The van der Waals surface area contributed by atoms with Gasteiger partial charge in [0, 0.05) is 23.3 Å². The smallest absolute Gasteiger partial charge is 0.418 e. The van der Waals surface area contributed by atoms with Crippen molar-refractivity contribution in [1.82, 2.24) is 0 Å². The summed E-state index contributed by atoms with van der Waals surface area (Å²) in [6.45, 7) is 2.91. The second-order valence-corrected chi connectivity index (χ2v) is 7.29. The lowest BCUT2D eigenvalue weighted by molar-refractivity contribution is -0.665. The number of pyridine rings is 1. The first-order valence-electron chi connectivity index (χ1n) is 10.6. The monoisotopic (exact) mass is 449 g/mol. The lowest BCUT2D eigenvalue weighted by Crippen LogP contribution is -2.38. The summed E-state index contributed by atoms with van der Waals surface area (Å²) in [7, 11) is -6.00. The minimum atomic E-state index is -6.00. The topological polar surface area (TPSA) is 3.88 Å². The van der Waals surface area contributed by atoms with Gasteiger partial charge < -0.3 is 17.3 Å². The van der Waals surface area contributed by atoms with Crippen LogP contribution in [0, 0.1) is 0 Å². The summed E-state index contributed by atoms with van der Waals surface area (Å²) in [5.41, 5.74) is 7.35. The standard InChI is InChI=1S/C27H24N.BF4/c1-2-3-19-28-26(23-15-9-5-10-16-23)20-25(22-13-7-4-8-14-22)21-27(28)24-17-11-6-12-18-24;2-1(3,4)5/h2-18,20-21H,19H2,1H3;/q+1;-1/b3-2+;. The Morgan fingerprint density at radius 1 is 0.606 bits per heavy atom. The average Bonchev–Trinajstić information content (AvgIpc) is 2.83. The minimum Gasteiger partial charge on any atom is -0.418 e. The fraction of sp³-hybridized carbons (Fsp3) is 0.0741. The summed E-state index contributed by atoms with van der Waals surface area (Å²) in [5.74, 6) is 0. The Bertz CT molecular complexity index is 1110. The van der Waals surface area contributed by atoms with E-state index in [4.69, 9.17) is 0 Å². The molecule has 6 heteroatoms. The van der Waals surface area contributed by atoms with Crippen molar-refractivity contribution in [3.05, 3.63) is 115 Å². The highest BCUT2D eigenvalue weighted by molar-refractivity contribution is 6.50. The molecular weight excluding hydrogens is 425 g/mol. The molecule has 0 aliphatic carbocycles. The largest absolute Gasteiger partial charge is 0.673 e. The van der Waals surface area contributed by atoms with Gasteiger partial charge in [0.15, 0.2) is 6.54 Å². The van der Waals surface area contributed by atoms with Gasteiger partial charge in [0.05, 0.1) is 0 Å². The van der Waals surface area contributed by atoms with Crippen LogP contribution >= 0.6 is 0 Å². The van der Waals surface area contributed by atoms with Gasteiger partial charge in [-0.2, -0.15) is 4.57 Å². The second-order valence-electron chi connectivity index (χ2n) is 7.29. The zero-order valence-electron chi connectivity index (χ0n) is 18.2. The maximum Gasteiger partial charge on any atom is 0.673 e. The molecule has 4 aromatic rings. The molecule has 4 rings (SSSR count). The highest BCUT2D eigenvalue weighted by atomic mass is 19.5. The van der Waals surface area contributed by atoms with E-state index in [0.29, 0.717) is 0 Å². The van der Waals surface area contributed by atoms with E-state index >= 15 is 0 Å². The molecule has 0 atom stereocenters. The highest BCUT2D eigenvalue weighted by Gasteiger charge is 2.22. The van der Waals surface area contributed by atoms with Crippen molar-refractivity contribution < 1.29 is 21.8 Å². The average molecular weight is 449 g/mol. The van der Waals surface area contributed by atoms with Crippen molar-refractivity contribution in [3.63, 3.8) is 0 Å². The number of hydrogen-bond donors (Lipinski definition) is 0. The SMILES string of the molecule is C/C=C/C[n+]1c(-c2ccccc2)cc(-c2ccccc2)cc1-c1ccccc1.F[B-](F)(F)F. The van der Waals surface area contributed by atoms with E-state index in [2.05, 4.69) is 127 Å². The van der Waals surface area contributed by atoms with Gasteiger partial charge in [-0.1, -0.05) is 72.8 Å². The van der Waals surface area contributed by atoms with Gasteiger partial charge in [-0.15, -0.1) is 0 Å². The van der Waals surface area contributed by atoms with Gasteiger partial charge in [0.2, 0.25) is 11.4 Å². The van der Waals surface area contributed by atoms with Crippen molar-refractivity contribution in [2.75, 3.05) is 0 Å². The third-order valence-electron chi connectivity index (χ3n) is 4.94. The van der Waals surface area contributed by atoms with E-state index < -0.39 is 7.25 Å². The van der Waals surface area contributed by atoms with Gasteiger partial charge in [0.1, 0.15) is 0 Å². The van der Waals surface area contributed by atoms with Gasteiger partial charge in [-0.05, 0) is 48.4 Å². The van der Waals surface area contributed by atoms with Crippen LogP contribution in [0.5, 0.6) is 0 Å². The number of aromatic nitrogens is 1. The third kappa shape index (κ3) is 7.17. The van der Waals surface area contributed by atoms with Crippen LogP contribution in [-0.4, -0.2) is 7.25 Å². The Balaban J connectivity index is 0.000000555. The Hall–Kier alpha value is -3.67. The predicted octanol–water partition coefficient (Wildman–Crippen LogP) is 7.85. The van der Waals surface area contributed by atoms with E-state index in [1.54, 1.807) is 0 Å².